The Kier molecular flexibility index (Phi) is 3.79. The first kappa shape index (κ1) is 14.9. The molecular weight excluding hydrogens is 302 g/mol. The predicted octanol–water partition coefficient (Wildman–Crippen LogP) is 2.70. The van der Waals surface area contributed by atoms with Gasteiger partial charge in [0, 0.05) is 11.6 Å². The largest absolute Gasteiger partial charge is 0.492 e. The number of fused-ring (bicyclic) bond motifs is 3. The maximum Gasteiger partial charge on any atom is 0.142 e. The molecule has 0 aromatic carbocycles. The number of H-pyrrole nitrogens is 1. The standard InChI is InChI=1S/C18H19N5O/c1-23-6-3-12(4-7-23)11-24-16-2-5-20-18-17(16)14-8-13(9-19)21-10-15(14)22-18/h2,5,8,10,12H,3-4,6-7,11H2,1H3,(H,20,22). The minimum atomic E-state index is 0.397. The monoisotopic (exact) mass is 321 g/mol. The first-order valence-corrected chi connectivity index (χ1v) is 8.22. The van der Waals surface area contributed by atoms with Crippen LogP contribution >= 0.6 is 0 Å². The molecule has 0 amide bonds. The molecule has 1 fully saturated rings. The highest BCUT2D eigenvalue weighted by Gasteiger charge is 2.18. The SMILES string of the molecule is CN1CCC(COc2ccnc3[nH]c4cnc(C#N)cc4c23)CC1. The number of hydrogen-bond acceptors (Lipinski definition) is 5. The van der Waals surface area contributed by atoms with E-state index in [9.17, 15) is 0 Å². The fourth-order valence-electron chi connectivity index (χ4n) is 3.31. The Morgan fingerprint density at radius 3 is 3.00 bits per heavy atom. The summed E-state index contributed by atoms with van der Waals surface area (Å²) in [5.41, 5.74) is 2.03. The summed E-state index contributed by atoms with van der Waals surface area (Å²) in [6.07, 6.45) is 5.76. The van der Waals surface area contributed by atoms with Gasteiger partial charge in [-0.1, -0.05) is 0 Å². The number of likely N-dealkylation sites (tertiary alicyclic amines) is 1. The average Bonchev–Trinajstić information content (AvgIpc) is 2.99. The molecule has 1 aliphatic rings. The Bertz CT molecular complexity index is 918. The molecule has 1 N–H and O–H groups in total. The molecule has 0 bridgehead atoms. The van der Waals surface area contributed by atoms with Gasteiger partial charge in [0.2, 0.25) is 0 Å². The van der Waals surface area contributed by atoms with Crippen LogP contribution in [0, 0.1) is 17.2 Å². The van der Waals surface area contributed by atoms with Gasteiger partial charge in [0.05, 0.1) is 23.7 Å². The third kappa shape index (κ3) is 2.68. The van der Waals surface area contributed by atoms with Crippen LogP contribution in [0.1, 0.15) is 18.5 Å². The highest BCUT2D eigenvalue weighted by atomic mass is 16.5. The maximum absolute atomic E-state index is 9.10. The number of nitriles is 1. The predicted molar refractivity (Wildman–Crippen MR) is 91.8 cm³/mol. The molecule has 4 rings (SSSR count). The topological polar surface area (TPSA) is 77.8 Å². The summed E-state index contributed by atoms with van der Waals surface area (Å²) in [4.78, 5) is 14.1. The smallest absolute Gasteiger partial charge is 0.142 e. The van der Waals surface area contributed by atoms with Crippen LogP contribution in [0.25, 0.3) is 21.9 Å². The van der Waals surface area contributed by atoms with Gasteiger partial charge in [-0.15, -0.1) is 0 Å². The Labute approximate surface area is 140 Å². The second kappa shape index (κ2) is 6.10. The molecule has 122 valence electrons. The van der Waals surface area contributed by atoms with Crippen LogP contribution in [0.3, 0.4) is 0 Å². The van der Waals surface area contributed by atoms with Crippen LogP contribution in [-0.4, -0.2) is 46.6 Å². The summed E-state index contributed by atoms with van der Waals surface area (Å²) < 4.78 is 6.15. The van der Waals surface area contributed by atoms with Crippen molar-refractivity contribution in [3.05, 3.63) is 30.2 Å². The lowest BCUT2D eigenvalue weighted by Gasteiger charge is -2.28. The lowest BCUT2D eigenvalue weighted by atomic mass is 9.98. The summed E-state index contributed by atoms with van der Waals surface area (Å²) in [6, 6.07) is 5.78. The van der Waals surface area contributed by atoms with Crippen molar-refractivity contribution in [1.82, 2.24) is 19.9 Å². The fourth-order valence-corrected chi connectivity index (χ4v) is 3.31. The van der Waals surface area contributed by atoms with Crippen LogP contribution in [-0.2, 0) is 0 Å². The molecule has 4 heterocycles. The Morgan fingerprint density at radius 2 is 2.21 bits per heavy atom. The quantitative estimate of drug-likeness (QED) is 0.802. The van der Waals surface area contributed by atoms with Crippen molar-refractivity contribution in [2.24, 2.45) is 5.92 Å². The summed E-state index contributed by atoms with van der Waals surface area (Å²) in [5, 5.41) is 11.0. The highest BCUT2D eigenvalue weighted by molar-refractivity contribution is 6.09. The number of nitrogens with one attached hydrogen (secondary N) is 1. The number of ether oxygens (including phenoxy) is 1. The van der Waals surface area contributed by atoms with Gasteiger partial charge in [-0.2, -0.15) is 5.26 Å². The van der Waals surface area contributed by atoms with E-state index >= 15 is 0 Å². The van der Waals surface area contributed by atoms with Gasteiger partial charge in [0.15, 0.2) is 0 Å². The number of rotatable bonds is 3. The Hall–Kier alpha value is -2.65. The third-order valence-corrected chi connectivity index (χ3v) is 4.77. The number of pyridine rings is 2. The minimum Gasteiger partial charge on any atom is -0.492 e. The summed E-state index contributed by atoms with van der Waals surface area (Å²) in [6.45, 7) is 2.98. The number of aromatic amines is 1. The summed E-state index contributed by atoms with van der Waals surface area (Å²) >= 11 is 0. The zero-order chi connectivity index (χ0) is 16.5. The van der Waals surface area contributed by atoms with Crippen LogP contribution in [0.4, 0.5) is 0 Å². The van der Waals surface area contributed by atoms with Crippen LogP contribution < -0.4 is 4.74 Å². The van der Waals surface area contributed by atoms with Gasteiger partial charge in [0.1, 0.15) is 23.2 Å². The van der Waals surface area contributed by atoms with Gasteiger partial charge >= 0.3 is 0 Å². The highest BCUT2D eigenvalue weighted by Crippen LogP contribution is 2.32. The molecule has 0 aliphatic carbocycles. The first-order chi connectivity index (χ1) is 11.7. The molecule has 0 atom stereocenters. The number of piperidine rings is 1. The molecule has 1 aliphatic heterocycles. The van der Waals surface area contributed by atoms with Crippen LogP contribution in [0.15, 0.2) is 24.5 Å². The fraction of sp³-hybridized carbons (Fsp3) is 0.389. The van der Waals surface area contributed by atoms with E-state index in [-0.39, 0.29) is 0 Å². The van der Waals surface area contributed by atoms with Crippen LogP contribution in [0.5, 0.6) is 5.75 Å². The second-order valence-corrected chi connectivity index (χ2v) is 6.44. The molecule has 0 saturated carbocycles. The van der Waals surface area contributed by atoms with Crippen molar-refractivity contribution < 1.29 is 4.74 Å². The number of aromatic nitrogens is 3. The van der Waals surface area contributed by atoms with Gasteiger partial charge < -0.3 is 14.6 Å². The van der Waals surface area contributed by atoms with Crippen molar-refractivity contribution in [3.8, 4) is 11.8 Å². The molecule has 3 aromatic rings. The normalized spacial score (nSPS) is 16.5. The van der Waals surface area contributed by atoms with Crippen molar-refractivity contribution in [2.45, 2.75) is 12.8 Å². The Morgan fingerprint density at radius 1 is 1.38 bits per heavy atom. The summed E-state index contributed by atoms with van der Waals surface area (Å²) in [7, 11) is 2.16. The summed E-state index contributed by atoms with van der Waals surface area (Å²) in [5.74, 6) is 1.41. The van der Waals surface area contributed by atoms with E-state index in [2.05, 4.69) is 33.0 Å². The van der Waals surface area contributed by atoms with E-state index in [1.165, 1.54) is 12.8 Å². The zero-order valence-corrected chi connectivity index (χ0v) is 13.6. The van der Waals surface area contributed by atoms with E-state index in [0.29, 0.717) is 11.6 Å². The van der Waals surface area contributed by atoms with Crippen molar-refractivity contribution in [1.29, 1.82) is 5.26 Å². The average molecular weight is 321 g/mol. The maximum atomic E-state index is 9.10. The van der Waals surface area contributed by atoms with E-state index in [0.717, 1.165) is 47.4 Å². The van der Waals surface area contributed by atoms with Gasteiger partial charge in [-0.25, -0.2) is 9.97 Å². The number of hydrogen-bond donors (Lipinski definition) is 1. The second-order valence-electron chi connectivity index (χ2n) is 6.44. The third-order valence-electron chi connectivity index (χ3n) is 4.77. The molecule has 0 unspecified atom stereocenters. The van der Waals surface area contributed by atoms with E-state index in [1.54, 1.807) is 18.5 Å². The molecule has 24 heavy (non-hydrogen) atoms. The lowest BCUT2D eigenvalue weighted by Crippen LogP contribution is -2.32. The zero-order valence-electron chi connectivity index (χ0n) is 13.6. The molecule has 6 nitrogen and oxygen atoms in total. The van der Waals surface area contributed by atoms with Gasteiger partial charge in [-0.05, 0) is 51.0 Å². The van der Waals surface area contributed by atoms with Crippen molar-refractivity contribution >= 4 is 21.9 Å². The van der Waals surface area contributed by atoms with Crippen molar-refractivity contribution in [3.63, 3.8) is 0 Å². The first-order valence-electron chi connectivity index (χ1n) is 8.22. The van der Waals surface area contributed by atoms with E-state index in [4.69, 9.17) is 10.00 Å². The molecular formula is C18H19N5O. The molecule has 3 aromatic heterocycles. The molecule has 0 radical (unpaired) electrons. The minimum absolute atomic E-state index is 0.397. The van der Waals surface area contributed by atoms with Gasteiger partial charge in [-0.3, -0.25) is 0 Å². The van der Waals surface area contributed by atoms with Gasteiger partial charge in [0.25, 0.3) is 0 Å². The molecule has 1 saturated heterocycles. The number of nitrogens with zero attached hydrogens (tertiary/aromatic N) is 4. The molecule has 6 heteroatoms. The Balaban J connectivity index is 1.66. The lowest BCUT2D eigenvalue weighted by molar-refractivity contribution is 0.161. The van der Waals surface area contributed by atoms with Crippen molar-refractivity contribution in [2.75, 3.05) is 26.7 Å². The van der Waals surface area contributed by atoms with E-state index < -0.39 is 0 Å². The molecule has 0 spiro atoms. The van der Waals surface area contributed by atoms with E-state index in [1.807, 2.05) is 6.07 Å². The van der Waals surface area contributed by atoms with Crippen LogP contribution in [0.2, 0.25) is 0 Å².